The molecular weight excluding hydrogens is 381 g/mol. The summed E-state index contributed by atoms with van der Waals surface area (Å²) < 4.78 is 41.8. The molecule has 9 heteroatoms. The topological polar surface area (TPSA) is 72.9 Å². The van der Waals surface area contributed by atoms with Gasteiger partial charge < -0.3 is 11.1 Å². The lowest BCUT2D eigenvalue weighted by molar-refractivity contribution is -0.143. The SMILES string of the molecule is Cc1ccc(-n2ncc(C(=O)NC3CCCC3CN)c2C(F)(F)F)cc1.Cl. The minimum atomic E-state index is -4.71. The molecule has 2 unspecified atom stereocenters. The summed E-state index contributed by atoms with van der Waals surface area (Å²) in [7, 11) is 0. The van der Waals surface area contributed by atoms with Crippen molar-refractivity contribution in [3.8, 4) is 5.69 Å². The molecule has 1 fully saturated rings. The largest absolute Gasteiger partial charge is 0.434 e. The zero-order valence-electron chi connectivity index (χ0n) is 14.8. The molecule has 2 atom stereocenters. The quantitative estimate of drug-likeness (QED) is 0.822. The second kappa shape index (κ2) is 8.31. The van der Waals surface area contributed by atoms with Gasteiger partial charge in [0.25, 0.3) is 5.91 Å². The molecule has 0 saturated heterocycles. The number of rotatable bonds is 4. The molecule has 2 aromatic rings. The fourth-order valence-corrected chi connectivity index (χ4v) is 3.42. The molecule has 148 valence electrons. The summed E-state index contributed by atoms with van der Waals surface area (Å²) in [6, 6.07) is 6.28. The molecule has 5 nitrogen and oxygen atoms in total. The number of aryl methyl sites for hydroxylation is 1. The lowest BCUT2D eigenvalue weighted by Gasteiger charge is -2.20. The molecule has 3 rings (SSSR count). The van der Waals surface area contributed by atoms with Crippen LogP contribution >= 0.6 is 12.4 Å². The number of carbonyl (C=O) groups excluding carboxylic acids is 1. The fourth-order valence-electron chi connectivity index (χ4n) is 3.42. The molecule has 27 heavy (non-hydrogen) atoms. The number of aromatic nitrogens is 2. The molecule has 1 aromatic heterocycles. The van der Waals surface area contributed by atoms with Crippen molar-refractivity contribution in [1.29, 1.82) is 0 Å². The number of halogens is 4. The first-order valence-electron chi connectivity index (χ1n) is 8.54. The van der Waals surface area contributed by atoms with Crippen molar-refractivity contribution < 1.29 is 18.0 Å². The number of hydrogen-bond acceptors (Lipinski definition) is 3. The Kier molecular flexibility index (Phi) is 6.54. The maximum atomic E-state index is 13.7. The van der Waals surface area contributed by atoms with Crippen LogP contribution in [0.3, 0.4) is 0 Å². The highest BCUT2D eigenvalue weighted by Gasteiger charge is 2.41. The van der Waals surface area contributed by atoms with Crippen LogP contribution < -0.4 is 11.1 Å². The third-order valence-corrected chi connectivity index (χ3v) is 4.84. The van der Waals surface area contributed by atoms with Gasteiger partial charge in [-0.2, -0.15) is 18.3 Å². The third kappa shape index (κ3) is 4.44. The van der Waals surface area contributed by atoms with Gasteiger partial charge in [0.15, 0.2) is 5.69 Å². The summed E-state index contributed by atoms with van der Waals surface area (Å²) in [5.41, 5.74) is 5.31. The van der Waals surface area contributed by atoms with Crippen LogP contribution in [0.5, 0.6) is 0 Å². The van der Waals surface area contributed by atoms with Crippen molar-refractivity contribution in [2.45, 2.75) is 38.4 Å². The Balaban J connectivity index is 0.00000261. The average molecular weight is 403 g/mol. The summed E-state index contributed by atoms with van der Waals surface area (Å²) in [6.45, 7) is 2.24. The van der Waals surface area contributed by atoms with E-state index in [1.165, 1.54) is 0 Å². The summed E-state index contributed by atoms with van der Waals surface area (Å²) in [5.74, 6) is -0.665. The molecule has 0 spiro atoms. The average Bonchev–Trinajstić information content (AvgIpc) is 3.21. The van der Waals surface area contributed by atoms with Gasteiger partial charge in [-0.05, 0) is 44.4 Å². The van der Waals surface area contributed by atoms with E-state index in [1.54, 1.807) is 24.3 Å². The van der Waals surface area contributed by atoms with Crippen LogP contribution in [-0.4, -0.2) is 28.3 Å². The van der Waals surface area contributed by atoms with Gasteiger partial charge in [-0.25, -0.2) is 4.68 Å². The summed E-state index contributed by atoms with van der Waals surface area (Å²) >= 11 is 0. The van der Waals surface area contributed by atoms with Crippen LogP contribution in [-0.2, 0) is 6.18 Å². The monoisotopic (exact) mass is 402 g/mol. The standard InChI is InChI=1S/C18H21F3N4O.ClH/c1-11-5-7-13(8-6-11)25-16(18(19,20)21)14(10-23-25)17(26)24-15-4-2-3-12(15)9-22;/h5-8,10,12,15H,2-4,9,22H2,1H3,(H,24,26);1H. The van der Waals surface area contributed by atoms with Crippen LogP contribution in [0.2, 0.25) is 0 Å². The summed E-state index contributed by atoms with van der Waals surface area (Å²) in [5, 5.41) is 6.54. The summed E-state index contributed by atoms with van der Waals surface area (Å²) in [4.78, 5) is 12.5. The van der Waals surface area contributed by atoms with E-state index >= 15 is 0 Å². The smallest absolute Gasteiger partial charge is 0.349 e. The number of alkyl halides is 3. The maximum absolute atomic E-state index is 13.7. The lowest BCUT2D eigenvalue weighted by Crippen LogP contribution is -2.40. The Morgan fingerprint density at radius 1 is 1.30 bits per heavy atom. The normalized spacial score (nSPS) is 19.6. The minimum Gasteiger partial charge on any atom is -0.349 e. The van der Waals surface area contributed by atoms with Gasteiger partial charge in [0, 0.05) is 6.04 Å². The van der Waals surface area contributed by atoms with Gasteiger partial charge in [0.2, 0.25) is 0 Å². The number of carbonyl (C=O) groups is 1. The van der Waals surface area contributed by atoms with Crippen LogP contribution in [0.1, 0.15) is 40.9 Å². The predicted molar refractivity (Wildman–Crippen MR) is 98.2 cm³/mol. The van der Waals surface area contributed by atoms with Crippen molar-refractivity contribution in [2.24, 2.45) is 11.7 Å². The third-order valence-electron chi connectivity index (χ3n) is 4.84. The van der Waals surface area contributed by atoms with E-state index in [4.69, 9.17) is 5.73 Å². The van der Waals surface area contributed by atoms with Crippen LogP contribution in [0.4, 0.5) is 13.2 Å². The number of hydrogen-bond donors (Lipinski definition) is 2. The molecule has 3 N–H and O–H groups in total. The van der Waals surface area contributed by atoms with Gasteiger partial charge in [-0.15, -0.1) is 12.4 Å². The Morgan fingerprint density at radius 2 is 1.96 bits per heavy atom. The van der Waals surface area contributed by atoms with E-state index in [-0.39, 0.29) is 30.1 Å². The Labute approximate surface area is 161 Å². The highest BCUT2D eigenvalue weighted by atomic mass is 35.5. The second-order valence-corrected chi connectivity index (χ2v) is 6.66. The molecule has 0 bridgehead atoms. The van der Waals surface area contributed by atoms with Gasteiger partial charge >= 0.3 is 6.18 Å². The van der Waals surface area contributed by atoms with E-state index < -0.39 is 23.3 Å². The zero-order valence-corrected chi connectivity index (χ0v) is 15.6. The van der Waals surface area contributed by atoms with E-state index in [2.05, 4.69) is 10.4 Å². The molecule has 0 radical (unpaired) electrons. The van der Waals surface area contributed by atoms with Crippen molar-refractivity contribution in [1.82, 2.24) is 15.1 Å². The van der Waals surface area contributed by atoms with Crippen molar-refractivity contribution in [3.63, 3.8) is 0 Å². The van der Waals surface area contributed by atoms with Gasteiger partial charge in [0.05, 0.1) is 17.4 Å². The van der Waals surface area contributed by atoms with E-state index in [0.29, 0.717) is 6.54 Å². The van der Waals surface area contributed by atoms with Crippen LogP contribution in [0.25, 0.3) is 5.69 Å². The lowest BCUT2D eigenvalue weighted by atomic mass is 10.0. The first-order valence-corrected chi connectivity index (χ1v) is 8.54. The van der Waals surface area contributed by atoms with Crippen LogP contribution in [0, 0.1) is 12.8 Å². The number of nitrogens with two attached hydrogens (primary N) is 1. The Morgan fingerprint density at radius 3 is 2.56 bits per heavy atom. The zero-order chi connectivity index (χ0) is 18.9. The molecule has 0 aliphatic heterocycles. The molecule has 1 heterocycles. The van der Waals surface area contributed by atoms with Crippen molar-refractivity contribution in [3.05, 3.63) is 47.3 Å². The molecular formula is C18H22ClF3N4O. The molecule has 1 aliphatic rings. The molecule has 1 aliphatic carbocycles. The Hall–Kier alpha value is -2.06. The van der Waals surface area contributed by atoms with Crippen molar-refractivity contribution >= 4 is 18.3 Å². The molecule has 1 aromatic carbocycles. The highest BCUT2D eigenvalue weighted by molar-refractivity contribution is 5.95. The van der Waals surface area contributed by atoms with Gasteiger partial charge in [-0.1, -0.05) is 24.1 Å². The van der Waals surface area contributed by atoms with E-state index in [9.17, 15) is 18.0 Å². The number of amides is 1. The van der Waals surface area contributed by atoms with Gasteiger partial charge in [-0.3, -0.25) is 4.79 Å². The Bertz CT molecular complexity index is 789. The maximum Gasteiger partial charge on any atom is 0.434 e. The number of nitrogens with one attached hydrogen (secondary N) is 1. The number of benzene rings is 1. The van der Waals surface area contributed by atoms with E-state index in [1.807, 2.05) is 6.92 Å². The summed E-state index contributed by atoms with van der Waals surface area (Å²) in [6.07, 6.45) is -1.24. The second-order valence-electron chi connectivity index (χ2n) is 6.66. The fraction of sp³-hybridized carbons (Fsp3) is 0.444. The molecule has 1 amide bonds. The first kappa shape index (κ1) is 21.2. The van der Waals surface area contributed by atoms with Gasteiger partial charge in [0.1, 0.15) is 0 Å². The minimum absolute atomic E-state index is 0. The number of nitrogens with zero attached hydrogens (tertiary/aromatic N) is 2. The van der Waals surface area contributed by atoms with Crippen LogP contribution in [0.15, 0.2) is 30.5 Å². The first-order chi connectivity index (χ1) is 12.3. The van der Waals surface area contributed by atoms with Crippen molar-refractivity contribution in [2.75, 3.05) is 6.54 Å². The predicted octanol–water partition coefficient (Wildman–Crippen LogP) is 3.48. The van der Waals surface area contributed by atoms with E-state index in [0.717, 1.165) is 35.7 Å². The molecule has 1 saturated carbocycles. The highest BCUT2D eigenvalue weighted by Crippen LogP contribution is 2.34.